The predicted octanol–water partition coefficient (Wildman–Crippen LogP) is 1.47. The van der Waals surface area contributed by atoms with Crippen LogP contribution >= 0.6 is 11.3 Å². The van der Waals surface area contributed by atoms with E-state index < -0.39 is 10.0 Å². The van der Waals surface area contributed by atoms with E-state index in [2.05, 4.69) is 25.2 Å². The molecule has 0 radical (unpaired) electrons. The molecule has 0 aliphatic carbocycles. The summed E-state index contributed by atoms with van der Waals surface area (Å²) in [6.45, 7) is 4.23. The van der Waals surface area contributed by atoms with Crippen molar-refractivity contribution >= 4 is 32.2 Å². The summed E-state index contributed by atoms with van der Waals surface area (Å²) in [5, 5.41) is 11.3. The molecule has 2 aromatic heterocycles. The van der Waals surface area contributed by atoms with Crippen LogP contribution in [0, 0.1) is 6.92 Å². The van der Waals surface area contributed by atoms with Crippen molar-refractivity contribution in [2.75, 3.05) is 16.6 Å². The Morgan fingerprint density at radius 2 is 2.16 bits per heavy atom. The summed E-state index contributed by atoms with van der Waals surface area (Å²) in [6.07, 6.45) is 1.43. The number of nitrogens with zero attached hydrogens (tertiary/aromatic N) is 3. The molecule has 2 heterocycles. The molecule has 0 aliphatic rings. The van der Waals surface area contributed by atoms with Crippen molar-refractivity contribution in [3.05, 3.63) is 23.3 Å². The minimum atomic E-state index is -3.77. The molecular formula is C10H13N5O2S2. The second-order valence-corrected chi connectivity index (χ2v) is 6.40. The van der Waals surface area contributed by atoms with Crippen molar-refractivity contribution in [1.82, 2.24) is 15.2 Å². The van der Waals surface area contributed by atoms with Crippen LogP contribution in [0.1, 0.15) is 11.9 Å². The molecular weight excluding hydrogens is 286 g/mol. The number of anilines is 2. The lowest BCUT2D eigenvalue weighted by Gasteiger charge is -2.09. The zero-order chi connectivity index (χ0) is 13.9. The molecule has 0 saturated heterocycles. The molecule has 7 nitrogen and oxygen atoms in total. The Morgan fingerprint density at radius 3 is 2.79 bits per heavy atom. The summed E-state index contributed by atoms with van der Waals surface area (Å²) in [5.74, 6) is 0. The van der Waals surface area contributed by atoms with E-state index >= 15 is 0 Å². The van der Waals surface area contributed by atoms with Gasteiger partial charge < -0.3 is 5.32 Å². The van der Waals surface area contributed by atoms with E-state index in [0.29, 0.717) is 17.2 Å². The molecule has 9 heteroatoms. The molecule has 0 aliphatic heterocycles. The highest BCUT2D eigenvalue weighted by molar-refractivity contribution is 7.93. The Balaban J connectivity index is 2.34. The Hall–Kier alpha value is -1.74. The van der Waals surface area contributed by atoms with Crippen molar-refractivity contribution < 1.29 is 8.42 Å². The maximum atomic E-state index is 12.2. The number of pyridine rings is 1. The maximum absolute atomic E-state index is 12.2. The standard InChI is InChI=1S/C10H13N5O2S2/c1-3-11-8-5-4-6-12-9(8)19(16,17)15-10-14-13-7(2)18-10/h4-6,11H,3H2,1-2H3,(H,14,15). The van der Waals surface area contributed by atoms with Gasteiger partial charge in [0.15, 0.2) is 5.03 Å². The number of aromatic nitrogens is 3. The van der Waals surface area contributed by atoms with Gasteiger partial charge in [-0.05, 0) is 26.0 Å². The molecule has 2 rings (SSSR count). The molecule has 0 unspecified atom stereocenters. The predicted molar refractivity (Wildman–Crippen MR) is 73.9 cm³/mol. The first-order valence-corrected chi connectivity index (χ1v) is 7.84. The van der Waals surface area contributed by atoms with Gasteiger partial charge in [-0.15, -0.1) is 10.2 Å². The van der Waals surface area contributed by atoms with E-state index in [9.17, 15) is 8.42 Å². The van der Waals surface area contributed by atoms with E-state index in [-0.39, 0.29) is 10.2 Å². The summed E-state index contributed by atoms with van der Waals surface area (Å²) in [6, 6.07) is 3.34. The molecule has 0 atom stereocenters. The molecule has 0 spiro atoms. The molecule has 0 amide bonds. The molecule has 0 fully saturated rings. The van der Waals surface area contributed by atoms with Crippen LogP contribution in [0.15, 0.2) is 23.4 Å². The number of sulfonamides is 1. The molecule has 0 saturated carbocycles. The summed E-state index contributed by atoms with van der Waals surface area (Å²) in [4.78, 5) is 3.92. The summed E-state index contributed by atoms with van der Waals surface area (Å²) < 4.78 is 26.8. The van der Waals surface area contributed by atoms with Gasteiger partial charge in [-0.25, -0.2) is 4.98 Å². The Labute approximate surface area is 115 Å². The normalized spacial score (nSPS) is 11.3. The van der Waals surface area contributed by atoms with E-state index in [1.165, 1.54) is 17.5 Å². The minimum absolute atomic E-state index is 0.0512. The smallest absolute Gasteiger partial charge is 0.283 e. The van der Waals surface area contributed by atoms with Gasteiger partial charge in [0.25, 0.3) is 10.0 Å². The van der Waals surface area contributed by atoms with Crippen LogP contribution < -0.4 is 10.0 Å². The first kappa shape index (κ1) is 13.7. The van der Waals surface area contributed by atoms with E-state index in [0.717, 1.165) is 0 Å². The highest BCUT2D eigenvalue weighted by Gasteiger charge is 2.21. The molecule has 19 heavy (non-hydrogen) atoms. The van der Waals surface area contributed by atoms with Gasteiger partial charge in [0.05, 0.1) is 5.69 Å². The first-order valence-electron chi connectivity index (χ1n) is 5.54. The summed E-state index contributed by atoms with van der Waals surface area (Å²) >= 11 is 1.17. The molecule has 2 N–H and O–H groups in total. The SMILES string of the molecule is CCNc1cccnc1S(=O)(=O)Nc1nnc(C)s1. The van der Waals surface area contributed by atoms with Gasteiger partial charge in [-0.1, -0.05) is 11.3 Å². The number of nitrogens with one attached hydrogen (secondary N) is 2. The molecule has 2 aromatic rings. The van der Waals surface area contributed by atoms with E-state index in [1.54, 1.807) is 19.1 Å². The Morgan fingerprint density at radius 1 is 1.37 bits per heavy atom. The van der Waals surface area contributed by atoms with Gasteiger partial charge in [0, 0.05) is 12.7 Å². The Bertz CT molecular complexity index is 668. The fourth-order valence-corrected chi connectivity index (χ4v) is 3.37. The van der Waals surface area contributed by atoms with E-state index in [1.807, 2.05) is 6.92 Å². The van der Waals surface area contributed by atoms with E-state index in [4.69, 9.17) is 0 Å². The number of hydrogen-bond donors (Lipinski definition) is 2. The highest BCUT2D eigenvalue weighted by atomic mass is 32.2. The maximum Gasteiger partial charge on any atom is 0.283 e. The van der Waals surface area contributed by atoms with Crippen molar-refractivity contribution in [1.29, 1.82) is 0 Å². The van der Waals surface area contributed by atoms with Crippen molar-refractivity contribution in [2.45, 2.75) is 18.9 Å². The van der Waals surface area contributed by atoms with Gasteiger partial charge in [-0.2, -0.15) is 8.42 Å². The quantitative estimate of drug-likeness (QED) is 0.868. The molecule has 0 bridgehead atoms. The fraction of sp³-hybridized carbons (Fsp3) is 0.300. The second kappa shape index (κ2) is 5.49. The average molecular weight is 299 g/mol. The van der Waals surface area contributed by atoms with Crippen molar-refractivity contribution in [3.63, 3.8) is 0 Å². The minimum Gasteiger partial charge on any atom is -0.383 e. The van der Waals surface area contributed by atoms with Crippen LogP contribution in [0.5, 0.6) is 0 Å². The molecule has 102 valence electrons. The van der Waals surface area contributed by atoms with Gasteiger partial charge >= 0.3 is 0 Å². The third-order valence-corrected chi connectivity index (χ3v) is 4.32. The topological polar surface area (TPSA) is 96.9 Å². The highest BCUT2D eigenvalue weighted by Crippen LogP contribution is 2.22. The lowest BCUT2D eigenvalue weighted by molar-refractivity contribution is 0.598. The third-order valence-electron chi connectivity index (χ3n) is 2.14. The van der Waals surface area contributed by atoms with Crippen LogP contribution in [0.4, 0.5) is 10.8 Å². The zero-order valence-electron chi connectivity index (χ0n) is 10.4. The molecule has 0 aromatic carbocycles. The third kappa shape index (κ3) is 3.18. The monoisotopic (exact) mass is 299 g/mol. The van der Waals surface area contributed by atoms with Crippen LogP contribution in [0.25, 0.3) is 0 Å². The lowest BCUT2D eigenvalue weighted by Crippen LogP contribution is -2.16. The summed E-state index contributed by atoms with van der Waals surface area (Å²) in [7, 11) is -3.77. The Kier molecular flexibility index (Phi) is 3.96. The average Bonchev–Trinajstić information content (AvgIpc) is 2.75. The second-order valence-electron chi connectivity index (χ2n) is 3.62. The number of aryl methyl sites for hydroxylation is 1. The zero-order valence-corrected chi connectivity index (χ0v) is 12.0. The van der Waals surface area contributed by atoms with Crippen LogP contribution in [-0.4, -0.2) is 30.1 Å². The van der Waals surface area contributed by atoms with Crippen LogP contribution in [0.2, 0.25) is 0 Å². The van der Waals surface area contributed by atoms with Gasteiger partial charge in [0.1, 0.15) is 5.01 Å². The largest absolute Gasteiger partial charge is 0.383 e. The van der Waals surface area contributed by atoms with Crippen molar-refractivity contribution in [2.24, 2.45) is 0 Å². The van der Waals surface area contributed by atoms with Crippen LogP contribution in [0.3, 0.4) is 0 Å². The number of rotatable bonds is 5. The summed E-state index contributed by atoms with van der Waals surface area (Å²) in [5.41, 5.74) is 0.457. The van der Waals surface area contributed by atoms with Gasteiger partial charge in [0.2, 0.25) is 5.13 Å². The fourth-order valence-electron chi connectivity index (χ4n) is 1.43. The van der Waals surface area contributed by atoms with Crippen molar-refractivity contribution in [3.8, 4) is 0 Å². The van der Waals surface area contributed by atoms with Gasteiger partial charge in [-0.3, -0.25) is 4.72 Å². The van der Waals surface area contributed by atoms with Crippen LogP contribution in [-0.2, 0) is 10.0 Å². The first-order chi connectivity index (χ1) is 9.03. The lowest BCUT2D eigenvalue weighted by atomic mass is 10.4. The number of hydrogen-bond acceptors (Lipinski definition) is 7.